The number of alkyl carbamates (subject to hydrolysis) is 1. The molecule has 5 atom stereocenters. The summed E-state index contributed by atoms with van der Waals surface area (Å²) in [6, 6.07) is 6.99. The highest BCUT2D eigenvalue weighted by Gasteiger charge is 2.53. The van der Waals surface area contributed by atoms with E-state index >= 15 is 0 Å². The van der Waals surface area contributed by atoms with Crippen LogP contribution >= 0.6 is 0 Å². The first-order valence-electron chi connectivity index (χ1n) is 16.1. The first-order valence-corrected chi connectivity index (χ1v) is 16.1. The predicted molar refractivity (Wildman–Crippen MR) is 164 cm³/mol. The Morgan fingerprint density at radius 1 is 0.884 bits per heavy atom. The monoisotopic (exact) mass is 597 g/mol. The average molecular weight is 598 g/mol. The van der Waals surface area contributed by atoms with Gasteiger partial charge in [0.15, 0.2) is 0 Å². The number of carbonyl (C=O) groups is 4. The number of benzene rings is 1. The van der Waals surface area contributed by atoms with Gasteiger partial charge in [0, 0.05) is 6.54 Å². The van der Waals surface area contributed by atoms with Crippen LogP contribution in [0.15, 0.2) is 30.3 Å². The number of carbonyl (C=O) groups excluding carboxylic acids is 4. The summed E-state index contributed by atoms with van der Waals surface area (Å²) in [7, 11) is 0. The molecule has 4 rings (SSSR count). The van der Waals surface area contributed by atoms with Gasteiger partial charge in [-0.15, -0.1) is 0 Å². The van der Waals surface area contributed by atoms with Gasteiger partial charge in [-0.25, -0.2) is 9.59 Å². The van der Waals surface area contributed by atoms with Crippen molar-refractivity contribution in [1.29, 1.82) is 0 Å². The molecule has 1 aromatic rings. The quantitative estimate of drug-likeness (QED) is 0.390. The SMILES string of the molecule is CC(C)(C)OC(=O)[C@@H]1[C@H]2CCC[C@H]2CN1C(=O)[C@@H](NC(=O)[C@@H](NC(=O)OCc1ccccc1)C1CCCCC1)C(C)(C)C. The van der Waals surface area contributed by atoms with Crippen molar-refractivity contribution in [3.8, 4) is 0 Å². The fourth-order valence-electron chi connectivity index (χ4n) is 7.00. The number of nitrogens with zero attached hydrogens (tertiary/aromatic N) is 1. The van der Waals surface area contributed by atoms with Crippen molar-refractivity contribution < 1.29 is 28.7 Å². The summed E-state index contributed by atoms with van der Waals surface area (Å²) in [6.07, 6.45) is 6.88. The van der Waals surface area contributed by atoms with Crippen molar-refractivity contribution in [3.63, 3.8) is 0 Å². The lowest BCUT2D eigenvalue weighted by atomic mass is 9.82. The van der Waals surface area contributed by atoms with Crippen molar-refractivity contribution in [2.45, 2.75) is 123 Å². The Labute approximate surface area is 256 Å². The second-order valence-electron chi connectivity index (χ2n) is 14.7. The van der Waals surface area contributed by atoms with E-state index in [0.717, 1.165) is 56.9 Å². The fraction of sp³-hybridized carbons (Fsp3) is 0.706. The molecule has 3 fully saturated rings. The van der Waals surface area contributed by atoms with Gasteiger partial charge in [0.1, 0.15) is 30.3 Å². The Kier molecular flexibility index (Phi) is 10.4. The molecule has 1 aliphatic heterocycles. The molecule has 43 heavy (non-hydrogen) atoms. The maximum Gasteiger partial charge on any atom is 0.408 e. The minimum Gasteiger partial charge on any atom is -0.458 e. The average Bonchev–Trinajstić information content (AvgIpc) is 3.54. The lowest BCUT2D eigenvalue weighted by Crippen LogP contribution is -2.61. The first kappa shape index (κ1) is 32.8. The van der Waals surface area contributed by atoms with Crippen molar-refractivity contribution in [2.75, 3.05) is 6.54 Å². The molecule has 3 aliphatic rings. The summed E-state index contributed by atoms with van der Waals surface area (Å²) in [5, 5.41) is 5.87. The first-order chi connectivity index (χ1) is 20.2. The second kappa shape index (κ2) is 13.7. The molecule has 0 radical (unpaired) electrons. The molecule has 1 aromatic carbocycles. The van der Waals surface area contributed by atoms with E-state index in [2.05, 4.69) is 10.6 Å². The van der Waals surface area contributed by atoms with Crippen molar-refractivity contribution in [2.24, 2.45) is 23.2 Å². The summed E-state index contributed by atoms with van der Waals surface area (Å²) in [5.74, 6) is -0.809. The maximum absolute atomic E-state index is 14.3. The molecular weight excluding hydrogens is 546 g/mol. The number of likely N-dealkylation sites (tertiary alicyclic amines) is 1. The Bertz CT molecular complexity index is 1140. The Morgan fingerprint density at radius 3 is 2.19 bits per heavy atom. The molecule has 0 aromatic heterocycles. The smallest absolute Gasteiger partial charge is 0.408 e. The van der Waals surface area contributed by atoms with Gasteiger partial charge in [0.25, 0.3) is 0 Å². The number of hydrogen-bond acceptors (Lipinski definition) is 6. The van der Waals surface area contributed by atoms with Crippen LogP contribution in [0, 0.1) is 23.2 Å². The third-order valence-corrected chi connectivity index (χ3v) is 9.11. The minimum absolute atomic E-state index is 0.0607. The zero-order valence-corrected chi connectivity index (χ0v) is 26.8. The maximum atomic E-state index is 14.3. The van der Waals surface area contributed by atoms with E-state index in [9.17, 15) is 19.2 Å². The van der Waals surface area contributed by atoms with Crippen LogP contribution in [0.1, 0.15) is 98.5 Å². The van der Waals surface area contributed by atoms with Gasteiger partial charge < -0.3 is 25.0 Å². The number of fused-ring (bicyclic) bond motifs is 1. The normalized spacial score (nSPS) is 24.0. The third kappa shape index (κ3) is 8.51. The second-order valence-corrected chi connectivity index (χ2v) is 14.7. The number of ether oxygens (including phenoxy) is 2. The molecule has 3 amide bonds. The van der Waals surface area contributed by atoms with E-state index in [-0.39, 0.29) is 36.2 Å². The van der Waals surface area contributed by atoms with Gasteiger partial charge in [-0.2, -0.15) is 0 Å². The fourth-order valence-corrected chi connectivity index (χ4v) is 7.00. The molecule has 0 bridgehead atoms. The minimum atomic E-state index is -0.892. The van der Waals surface area contributed by atoms with Gasteiger partial charge in [0.2, 0.25) is 11.8 Å². The molecule has 2 saturated carbocycles. The lowest BCUT2D eigenvalue weighted by molar-refractivity contribution is -0.165. The molecule has 9 nitrogen and oxygen atoms in total. The van der Waals surface area contributed by atoms with E-state index < -0.39 is 41.1 Å². The van der Waals surface area contributed by atoms with E-state index in [1.54, 1.807) is 4.90 Å². The van der Waals surface area contributed by atoms with Gasteiger partial charge in [-0.05, 0) is 75.2 Å². The summed E-state index contributed by atoms with van der Waals surface area (Å²) < 4.78 is 11.3. The summed E-state index contributed by atoms with van der Waals surface area (Å²) in [4.78, 5) is 56.3. The predicted octanol–water partition coefficient (Wildman–Crippen LogP) is 5.36. The van der Waals surface area contributed by atoms with Crippen LogP contribution in [0.3, 0.4) is 0 Å². The van der Waals surface area contributed by atoms with E-state index in [0.29, 0.717) is 6.54 Å². The number of esters is 1. The van der Waals surface area contributed by atoms with E-state index in [4.69, 9.17) is 9.47 Å². The molecule has 0 spiro atoms. The van der Waals surface area contributed by atoms with Gasteiger partial charge in [0.05, 0.1) is 0 Å². The lowest BCUT2D eigenvalue weighted by Gasteiger charge is -2.38. The van der Waals surface area contributed by atoms with Gasteiger partial charge >= 0.3 is 12.1 Å². The van der Waals surface area contributed by atoms with Crippen LogP contribution in [0.2, 0.25) is 0 Å². The number of amides is 3. The highest BCUT2D eigenvalue weighted by Crippen LogP contribution is 2.44. The Hall–Kier alpha value is -3.10. The zero-order valence-electron chi connectivity index (χ0n) is 26.8. The Morgan fingerprint density at radius 2 is 1.56 bits per heavy atom. The standard InChI is InChI=1S/C34H51N3O6/c1-33(2,3)28(30(39)37-20-24-18-13-19-25(24)27(37)31(40)43-34(4,5)6)36-29(38)26(23-16-11-8-12-17-23)35-32(41)42-21-22-14-9-7-10-15-22/h7,9-10,14-15,23-28H,8,11-13,16-21H2,1-6H3,(H,35,41)(H,36,38)/t24-,25-,26-,27-,28+/m0/s1. The van der Waals surface area contributed by atoms with Crippen LogP contribution in [-0.4, -0.2) is 59.0 Å². The molecule has 1 saturated heterocycles. The van der Waals surface area contributed by atoms with Crippen molar-refractivity contribution in [3.05, 3.63) is 35.9 Å². The summed E-state index contributed by atoms with van der Waals surface area (Å²) in [6.45, 7) is 11.8. The van der Waals surface area contributed by atoms with Crippen LogP contribution in [0.5, 0.6) is 0 Å². The highest BCUT2D eigenvalue weighted by molar-refractivity contribution is 5.94. The molecule has 9 heteroatoms. The Balaban J connectivity index is 1.52. The molecule has 1 heterocycles. The summed E-state index contributed by atoms with van der Waals surface area (Å²) in [5.41, 5.74) is -0.466. The molecular formula is C34H51N3O6. The summed E-state index contributed by atoms with van der Waals surface area (Å²) >= 11 is 0. The van der Waals surface area contributed by atoms with Crippen molar-refractivity contribution >= 4 is 23.9 Å². The molecule has 2 N–H and O–H groups in total. The topological polar surface area (TPSA) is 114 Å². The van der Waals surface area contributed by atoms with Gasteiger partial charge in [-0.3, -0.25) is 9.59 Å². The number of rotatable bonds is 8. The van der Waals surface area contributed by atoms with Crippen LogP contribution < -0.4 is 10.6 Å². The third-order valence-electron chi connectivity index (χ3n) is 9.11. The highest BCUT2D eigenvalue weighted by atomic mass is 16.6. The van der Waals surface area contributed by atoms with E-state index in [1.165, 1.54) is 0 Å². The zero-order chi connectivity index (χ0) is 31.4. The largest absolute Gasteiger partial charge is 0.458 e. The number of nitrogens with one attached hydrogen (secondary N) is 2. The van der Waals surface area contributed by atoms with Crippen LogP contribution in [0.4, 0.5) is 4.79 Å². The van der Waals surface area contributed by atoms with Crippen LogP contribution in [0.25, 0.3) is 0 Å². The molecule has 238 valence electrons. The van der Waals surface area contributed by atoms with Crippen LogP contribution in [-0.2, 0) is 30.5 Å². The van der Waals surface area contributed by atoms with Crippen molar-refractivity contribution in [1.82, 2.24) is 15.5 Å². The number of hydrogen-bond donors (Lipinski definition) is 2. The molecule has 0 unspecified atom stereocenters. The van der Waals surface area contributed by atoms with E-state index in [1.807, 2.05) is 71.9 Å². The molecule has 2 aliphatic carbocycles. The van der Waals surface area contributed by atoms with Gasteiger partial charge in [-0.1, -0.05) is 76.8 Å².